The number of hydrogen-bond acceptors (Lipinski definition) is 3. The van der Waals surface area contributed by atoms with Gasteiger partial charge in [0.2, 0.25) is 0 Å². The smallest absolute Gasteiger partial charge is 0.277 e. The van der Waals surface area contributed by atoms with Crippen molar-refractivity contribution in [3.63, 3.8) is 0 Å². The molecular weight excluding hydrogens is 352 g/mol. The van der Waals surface area contributed by atoms with Crippen molar-refractivity contribution >= 4 is 22.5 Å². The van der Waals surface area contributed by atoms with Gasteiger partial charge in [-0.05, 0) is 36.6 Å². The van der Waals surface area contributed by atoms with Gasteiger partial charge in [-0.15, -0.1) is 0 Å². The van der Waals surface area contributed by atoms with Crippen LogP contribution >= 0.6 is 0 Å². The zero-order valence-electron chi connectivity index (χ0n) is 16.0. The standard InChI is InChI=1S/C22H22N4O2/c1-3-12-25-18-10-6-7-11-19(18)26-20(22(25)28)13-17(24-26)21(27)23-14-16-9-5-4-8-15(16)2/h4-11,13H,3,12,14H2,1-2H3,(H,23,27). The lowest BCUT2D eigenvalue weighted by molar-refractivity contribution is 0.0945. The molecule has 0 aliphatic heterocycles. The maximum Gasteiger partial charge on any atom is 0.277 e. The highest BCUT2D eigenvalue weighted by Crippen LogP contribution is 2.16. The van der Waals surface area contributed by atoms with Gasteiger partial charge in [0, 0.05) is 19.2 Å². The summed E-state index contributed by atoms with van der Waals surface area (Å²) in [6.07, 6.45) is 0.845. The van der Waals surface area contributed by atoms with Crippen molar-refractivity contribution < 1.29 is 4.79 Å². The Kier molecular flexibility index (Phi) is 4.69. The van der Waals surface area contributed by atoms with Gasteiger partial charge in [-0.25, -0.2) is 4.52 Å². The molecule has 0 spiro atoms. The molecule has 4 rings (SSSR count). The summed E-state index contributed by atoms with van der Waals surface area (Å²) >= 11 is 0. The topological polar surface area (TPSA) is 68.4 Å². The molecule has 0 atom stereocenters. The predicted octanol–water partition coefficient (Wildman–Crippen LogP) is 3.30. The van der Waals surface area contributed by atoms with E-state index in [-0.39, 0.29) is 17.2 Å². The maximum absolute atomic E-state index is 13.0. The number of nitrogens with one attached hydrogen (secondary N) is 1. The first-order valence-corrected chi connectivity index (χ1v) is 9.44. The minimum absolute atomic E-state index is 0.133. The number of aryl methyl sites for hydroxylation is 2. The number of rotatable bonds is 5. The summed E-state index contributed by atoms with van der Waals surface area (Å²) in [7, 11) is 0. The molecule has 4 aromatic rings. The predicted molar refractivity (Wildman–Crippen MR) is 110 cm³/mol. The van der Waals surface area contributed by atoms with Crippen LogP contribution < -0.4 is 10.9 Å². The Morgan fingerprint density at radius 1 is 1.04 bits per heavy atom. The largest absolute Gasteiger partial charge is 0.347 e. The molecule has 0 aliphatic rings. The number of benzene rings is 2. The van der Waals surface area contributed by atoms with Crippen LogP contribution in [-0.2, 0) is 13.1 Å². The number of amides is 1. The molecule has 1 N–H and O–H groups in total. The molecule has 2 aromatic carbocycles. The van der Waals surface area contributed by atoms with Crippen molar-refractivity contribution in [1.82, 2.24) is 19.5 Å². The normalized spacial score (nSPS) is 11.2. The highest BCUT2D eigenvalue weighted by atomic mass is 16.2. The van der Waals surface area contributed by atoms with Crippen molar-refractivity contribution in [2.75, 3.05) is 0 Å². The molecule has 2 aromatic heterocycles. The number of nitrogens with zero attached hydrogens (tertiary/aromatic N) is 3. The van der Waals surface area contributed by atoms with Gasteiger partial charge >= 0.3 is 0 Å². The Balaban J connectivity index is 1.74. The van der Waals surface area contributed by atoms with E-state index in [0.29, 0.717) is 18.6 Å². The van der Waals surface area contributed by atoms with Crippen molar-refractivity contribution in [2.45, 2.75) is 33.4 Å². The summed E-state index contributed by atoms with van der Waals surface area (Å²) in [4.78, 5) is 25.6. The average molecular weight is 374 g/mol. The molecule has 0 aliphatic carbocycles. The first-order valence-electron chi connectivity index (χ1n) is 9.44. The van der Waals surface area contributed by atoms with Gasteiger partial charge in [0.05, 0.1) is 11.0 Å². The second-order valence-corrected chi connectivity index (χ2v) is 6.88. The maximum atomic E-state index is 13.0. The fourth-order valence-electron chi connectivity index (χ4n) is 3.47. The minimum atomic E-state index is -0.294. The molecule has 0 bridgehead atoms. The molecule has 0 saturated heterocycles. The van der Waals surface area contributed by atoms with Crippen LogP contribution in [0.1, 0.15) is 35.0 Å². The third-order valence-corrected chi connectivity index (χ3v) is 4.95. The number of carbonyl (C=O) groups is 1. The highest BCUT2D eigenvalue weighted by molar-refractivity contribution is 5.94. The summed E-state index contributed by atoms with van der Waals surface area (Å²) in [5, 5.41) is 7.33. The van der Waals surface area contributed by atoms with Gasteiger partial charge in [0.25, 0.3) is 11.5 Å². The van der Waals surface area contributed by atoms with Gasteiger partial charge in [0.15, 0.2) is 5.69 Å². The van der Waals surface area contributed by atoms with Crippen LogP contribution in [0.5, 0.6) is 0 Å². The third-order valence-electron chi connectivity index (χ3n) is 4.95. The molecule has 0 radical (unpaired) electrons. The van der Waals surface area contributed by atoms with Crippen molar-refractivity contribution in [1.29, 1.82) is 0 Å². The second-order valence-electron chi connectivity index (χ2n) is 6.88. The average Bonchev–Trinajstić information content (AvgIpc) is 3.16. The van der Waals surface area contributed by atoms with Crippen molar-refractivity contribution in [3.8, 4) is 0 Å². The van der Waals surface area contributed by atoms with Crippen molar-refractivity contribution in [2.24, 2.45) is 0 Å². The molecule has 2 heterocycles. The first-order chi connectivity index (χ1) is 13.6. The van der Waals surface area contributed by atoms with Crippen LogP contribution in [-0.4, -0.2) is 20.1 Å². The molecular formula is C22H22N4O2. The van der Waals surface area contributed by atoms with Crippen LogP contribution in [0.2, 0.25) is 0 Å². The third kappa shape index (κ3) is 3.07. The van der Waals surface area contributed by atoms with Crippen LogP contribution in [0.15, 0.2) is 59.4 Å². The minimum Gasteiger partial charge on any atom is -0.347 e. The lowest BCUT2D eigenvalue weighted by Crippen LogP contribution is -2.23. The molecule has 6 nitrogen and oxygen atoms in total. The van der Waals surface area contributed by atoms with E-state index in [4.69, 9.17) is 0 Å². The number of aromatic nitrogens is 3. The molecule has 0 saturated carbocycles. The fraction of sp³-hybridized carbons (Fsp3) is 0.227. The summed E-state index contributed by atoms with van der Waals surface area (Å²) < 4.78 is 3.33. The highest BCUT2D eigenvalue weighted by Gasteiger charge is 2.17. The Morgan fingerprint density at radius 3 is 2.50 bits per heavy atom. The van der Waals surface area contributed by atoms with Crippen molar-refractivity contribution in [3.05, 3.63) is 81.8 Å². The van der Waals surface area contributed by atoms with E-state index < -0.39 is 0 Å². The van der Waals surface area contributed by atoms with Crippen LogP contribution in [0.25, 0.3) is 16.6 Å². The van der Waals surface area contributed by atoms with E-state index in [2.05, 4.69) is 10.4 Å². The van der Waals surface area contributed by atoms with Gasteiger partial charge in [-0.1, -0.05) is 43.3 Å². The SMILES string of the molecule is CCCn1c(=O)c2cc(C(=O)NCc3ccccc3C)nn2c2ccccc21. The second kappa shape index (κ2) is 7.31. The number of hydrogen-bond donors (Lipinski definition) is 1. The molecule has 1 amide bonds. The first kappa shape index (κ1) is 18.0. The van der Waals surface area contributed by atoms with E-state index in [1.54, 1.807) is 15.1 Å². The Morgan fingerprint density at radius 2 is 1.75 bits per heavy atom. The molecule has 142 valence electrons. The van der Waals surface area contributed by atoms with Gasteiger partial charge in [-0.2, -0.15) is 5.10 Å². The summed E-state index contributed by atoms with van der Waals surface area (Å²) in [6.45, 7) is 5.08. The molecule has 0 fully saturated rings. The Bertz CT molecular complexity index is 1240. The Labute approximate surface area is 162 Å². The number of carbonyl (C=O) groups excluding carboxylic acids is 1. The van der Waals surface area contributed by atoms with E-state index in [0.717, 1.165) is 28.6 Å². The van der Waals surface area contributed by atoms with E-state index in [1.165, 1.54) is 0 Å². The van der Waals surface area contributed by atoms with Gasteiger partial charge in [0.1, 0.15) is 5.52 Å². The molecule has 28 heavy (non-hydrogen) atoms. The van der Waals surface area contributed by atoms with Crippen LogP contribution in [0.3, 0.4) is 0 Å². The van der Waals surface area contributed by atoms with E-state index in [9.17, 15) is 9.59 Å². The summed E-state index contributed by atoms with van der Waals surface area (Å²) in [6, 6.07) is 17.1. The van der Waals surface area contributed by atoms with Gasteiger partial charge < -0.3 is 9.88 Å². The quantitative estimate of drug-likeness (QED) is 0.583. The fourth-order valence-corrected chi connectivity index (χ4v) is 3.47. The lowest BCUT2D eigenvalue weighted by atomic mass is 10.1. The summed E-state index contributed by atoms with van der Waals surface area (Å²) in [5.74, 6) is -0.294. The van der Waals surface area contributed by atoms with Gasteiger partial charge in [-0.3, -0.25) is 9.59 Å². The van der Waals surface area contributed by atoms with E-state index >= 15 is 0 Å². The van der Waals surface area contributed by atoms with Crippen LogP contribution in [0, 0.1) is 6.92 Å². The zero-order valence-corrected chi connectivity index (χ0v) is 16.0. The Hall–Kier alpha value is -3.41. The van der Waals surface area contributed by atoms with E-state index in [1.807, 2.05) is 62.4 Å². The molecule has 0 unspecified atom stereocenters. The number of fused-ring (bicyclic) bond motifs is 3. The van der Waals surface area contributed by atoms with Crippen LogP contribution in [0.4, 0.5) is 0 Å². The lowest BCUT2D eigenvalue weighted by Gasteiger charge is -2.10. The summed E-state index contributed by atoms with van der Waals surface area (Å²) in [5.41, 5.74) is 4.31. The zero-order chi connectivity index (χ0) is 19.7. The number of para-hydroxylation sites is 2. The monoisotopic (exact) mass is 374 g/mol. The molecule has 6 heteroatoms.